The fourth-order valence-corrected chi connectivity index (χ4v) is 2.48. The Morgan fingerprint density at radius 2 is 1.81 bits per heavy atom. The van der Waals surface area contributed by atoms with Crippen molar-refractivity contribution in [2.24, 2.45) is 0 Å². The third kappa shape index (κ3) is 2.86. The van der Waals surface area contributed by atoms with E-state index < -0.39 is 0 Å². The molecule has 0 atom stereocenters. The Labute approximate surface area is 124 Å². The Kier molecular flexibility index (Phi) is 3.81. The zero-order chi connectivity index (χ0) is 14.7. The highest BCUT2D eigenvalue weighted by atomic mass is 16.2. The highest BCUT2D eigenvalue weighted by molar-refractivity contribution is 6.04. The van der Waals surface area contributed by atoms with E-state index >= 15 is 0 Å². The standard InChI is InChI=1S/C16H18N4O/c1-19(13-7-3-2-4-8-13)16(21)14-11-18-15(12-17-14)20-9-5-6-10-20/h2-4,7-8,11-12H,5-6,9-10H2,1H3. The summed E-state index contributed by atoms with van der Waals surface area (Å²) in [6, 6.07) is 9.52. The Bertz CT molecular complexity index is 606. The first-order chi connectivity index (χ1) is 10.3. The normalized spacial score (nSPS) is 14.2. The lowest BCUT2D eigenvalue weighted by Crippen LogP contribution is -2.27. The number of hydrogen-bond acceptors (Lipinski definition) is 4. The Morgan fingerprint density at radius 3 is 2.43 bits per heavy atom. The highest BCUT2D eigenvalue weighted by Crippen LogP contribution is 2.17. The van der Waals surface area contributed by atoms with Gasteiger partial charge in [-0.25, -0.2) is 9.97 Å². The predicted molar refractivity (Wildman–Crippen MR) is 82.7 cm³/mol. The zero-order valence-electron chi connectivity index (χ0n) is 12.1. The number of para-hydroxylation sites is 1. The molecule has 2 heterocycles. The summed E-state index contributed by atoms with van der Waals surface area (Å²) < 4.78 is 0. The van der Waals surface area contributed by atoms with E-state index in [2.05, 4.69) is 14.9 Å². The van der Waals surface area contributed by atoms with Crippen LogP contribution in [-0.4, -0.2) is 36.0 Å². The van der Waals surface area contributed by atoms with Gasteiger partial charge in [0.25, 0.3) is 5.91 Å². The Hall–Kier alpha value is -2.43. The summed E-state index contributed by atoms with van der Waals surface area (Å²) in [4.78, 5) is 24.8. The molecule has 3 rings (SSSR count). The quantitative estimate of drug-likeness (QED) is 0.867. The van der Waals surface area contributed by atoms with Gasteiger partial charge in [0.1, 0.15) is 11.5 Å². The van der Waals surface area contributed by atoms with Gasteiger partial charge < -0.3 is 9.80 Å². The Balaban J connectivity index is 1.75. The van der Waals surface area contributed by atoms with Crippen molar-refractivity contribution in [1.29, 1.82) is 0 Å². The molecule has 1 aliphatic rings. The van der Waals surface area contributed by atoms with Crippen molar-refractivity contribution in [2.45, 2.75) is 12.8 Å². The van der Waals surface area contributed by atoms with Crippen LogP contribution in [0.2, 0.25) is 0 Å². The molecule has 2 aromatic rings. The molecule has 0 radical (unpaired) electrons. The molecule has 0 saturated carbocycles. The minimum atomic E-state index is -0.151. The number of rotatable bonds is 3. The summed E-state index contributed by atoms with van der Waals surface area (Å²) in [5.74, 6) is 0.702. The summed E-state index contributed by atoms with van der Waals surface area (Å²) in [5, 5.41) is 0. The number of nitrogens with zero attached hydrogens (tertiary/aromatic N) is 4. The molecule has 1 amide bonds. The maximum atomic E-state index is 12.4. The van der Waals surface area contributed by atoms with E-state index in [4.69, 9.17) is 0 Å². The van der Waals surface area contributed by atoms with Gasteiger partial charge in [-0.2, -0.15) is 0 Å². The lowest BCUT2D eigenvalue weighted by molar-refractivity contribution is 0.0988. The summed E-state index contributed by atoms with van der Waals surface area (Å²) in [6.45, 7) is 2.04. The van der Waals surface area contributed by atoms with Crippen molar-refractivity contribution in [1.82, 2.24) is 9.97 Å². The van der Waals surface area contributed by atoms with Gasteiger partial charge in [-0.05, 0) is 25.0 Å². The van der Waals surface area contributed by atoms with Crippen LogP contribution in [0.4, 0.5) is 11.5 Å². The number of amides is 1. The van der Waals surface area contributed by atoms with Crippen molar-refractivity contribution in [2.75, 3.05) is 29.9 Å². The molecule has 1 aromatic heterocycles. The molecule has 1 saturated heterocycles. The van der Waals surface area contributed by atoms with Crippen LogP contribution in [0.15, 0.2) is 42.7 Å². The van der Waals surface area contributed by atoms with Gasteiger partial charge in [0, 0.05) is 25.8 Å². The molecule has 1 aliphatic heterocycles. The maximum Gasteiger partial charge on any atom is 0.278 e. The summed E-state index contributed by atoms with van der Waals surface area (Å²) in [7, 11) is 1.74. The number of carbonyl (C=O) groups excluding carboxylic acids is 1. The molecule has 0 spiro atoms. The fourth-order valence-electron chi connectivity index (χ4n) is 2.48. The summed E-state index contributed by atoms with van der Waals surface area (Å²) in [5.41, 5.74) is 1.21. The number of aromatic nitrogens is 2. The van der Waals surface area contributed by atoms with Gasteiger partial charge in [-0.1, -0.05) is 18.2 Å². The van der Waals surface area contributed by atoms with Crippen molar-refractivity contribution < 1.29 is 4.79 Å². The van der Waals surface area contributed by atoms with Gasteiger partial charge in [-0.15, -0.1) is 0 Å². The molecular formula is C16H18N4O. The second kappa shape index (κ2) is 5.91. The van der Waals surface area contributed by atoms with Crippen LogP contribution in [0.1, 0.15) is 23.3 Å². The predicted octanol–water partition coefficient (Wildman–Crippen LogP) is 2.35. The van der Waals surface area contributed by atoms with E-state index in [-0.39, 0.29) is 5.91 Å². The molecule has 1 fully saturated rings. The van der Waals surface area contributed by atoms with E-state index in [9.17, 15) is 4.79 Å². The lowest BCUT2D eigenvalue weighted by Gasteiger charge is -2.18. The average Bonchev–Trinajstić information content (AvgIpc) is 3.09. The number of anilines is 2. The van der Waals surface area contributed by atoms with Gasteiger partial charge in [0.05, 0.1) is 12.4 Å². The third-order valence-electron chi connectivity index (χ3n) is 3.74. The van der Waals surface area contributed by atoms with Crippen LogP contribution >= 0.6 is 0 Å². The van der Waals surface area contributed by atoms with Crippen molar-refractivity contribution in [3.8, 4) is 0 Å². The van der Waals surface area contributed by atoms with E-state index in [1.54, 1.807) is 24.3 Å². The number of hydrogen-bond donors (Lipinski definition) is 0. The summed E-state index contributed by atoms with van der Waals surface area (Å²) >= 11 is 0. The minimum absolute atomic E-state index is 0.151. The first-order valence-corrected chi connectivity index (χ1v) is 7.16. The first-order valence-electron chi connectivity index (χ1n) is 7.16. The molecule has 21 heavy (non-hydrogen) atoms. The maximum absolute atomic E-state index is 12.4. The molecule has 5 nitrogen and oxygen atoms in total. The van der Waals surface area contributed by atoms with Crippen molar-refractivity contribution in [3.05, 3.63) is 48.4 Å². The second-order valence-corrected chi connectivity index (χ2v) is 5.15. The van der Waals surface area contributed by atoms with Crippen molar-refractivity contribution in [3.63, 3.8) is 0 Å². The fraction of sp³-hybridized carbons (Fsp3) is 0.312. The molecular weight excluding hydrogens is 264 g/mol. The minimum Gasteiger partial charge on any atom is -0.355 e. The van der Waals surface area contributed by atoms with Gasteiger partial charge in [0.15, 0.2) is 0 Å². The SMILES string of the molecule is CN(C(=O)c1cnc(N2CCCC2)cn1)c1ccccc1. The van der Waals surface area contributed by atoms with Crippen molar-refractivity contribution >= 4 is 17.4 Å². The molecule has 5 heteroatoms. The summed E-state index contributed by atoms with van der Waals surface area (Å²) in [6.07, 6.45) is 5.64. The lowest BCUT2D eigenvalue weighted by atomic mass is 10.3. The molecule has 0 unspecified atom stereocenters. The van der Waals surface area contributed by atoms with E-state index in [1.807, 2.05) is 30.3 Å². The average molecular weight is 282 g/mol. The molecule has 0 bridgehead atoms. The van der Waals surface area contributed by atoms with Gasteiger partial charge in [-0.3, -0.25) is 4.79 Å². The second-order valence-electron chi connectivity index (χ2n) is 5.15. The Morgan fingerprint density at radius 1 is 1.10 bits per heavy atom. The van der Waals surface area contributed by atoms with Crippen LogP contribution < -0.4 is 9.80 Å². The highest BCUT2D eigenvalue weighted by Gasteiger charge is 2.17. The van der Waals surface area contributed by atoms with Gasteiger partial charge in [0.2, 0.25) is 0 Å². The zero-order valence-corrected chi connectivity index (χ0v) is 12.1. The largest absolute Gasteiger partial charge is 0.355 e. The smallest absolute Gasteiger partial charge is 0.278 e. The molecule has 108 valence electrons. The molecule has 0 aliphatic carbocycles. The van der Waals surface area contributed by atoms with E-state index in [0.717, 1.165) is 24.6 Å². The first kappa shape index (κ1) is 13.5. The van der Waals surface area contributed by atoms with E-state index in [0.29, 0.717) is 5.69 Å². The third-order valence-corrected chi connectivity index (χ3v) is 3.74. The topological polar surface area (TPSA) is 49.3 Å². The van der Waals surface area contributed by atoms with E-state index in [1.165, 1.54) is 12.8 Å². The molecule has 1 aromatic carbocycles. The monoisotopic (exact) mass is 282 g/mol. The van der Waals surface area contributed by atoms with Gasteiger partial charge >= 0.3 is 0 Å². The van der Waals surface area contributed by atoms with Crippen LogP contribution in [0.5, 0.6) is 0 Å². The molecule has 0 N–H and O–H groups in total. The number of carbonyl (C=O) groups is 1. The van der Waals surface area contributed by atoms with Crippen LogP contribution in [-0.2, 0) is 0 Å². The van der Waals surface area contributed by atoms with Crippen LogP contribution in [0.3, 0.4) is 0 Å². The van der Waals surface area contributed by atoms with Crippen LogP contribution in [0, 0.1) is 0 Å². The number of benzene rings is 1. The van der Waals surface area contributed by atoms with Crippen LogP contribution in [0.25, 0.3) is 0 Å².